The van der Waals surface area contributed by atoms with E-state index in [4.69, 9.17) is 24.4 Å². The lowest BCUT2D eigenvalue weighted by atomic mass is 9.88. The smallest absolute Gasteiger partial charge is 0.333 e. The van der Waals surface area contributed by atoms with Gasteiger partial charge >= 0.3 is 11.9 Å². The lowest BCUT2D eigenvalue weighted by Crippen LogP contribution is -2.38. The van der Waals surface area contributed by atoms with E-state index in [9.17, 15) is 9.59 Å². The van der Waals surface area contributed by atoms with Crippen LogP contribution >= 0.6 is 0 Å². The molecule has 0 aliphatic carbocycles. The van der Waals surface area contributed by atoms with Gasteiger partial charge in [-0.2, -0.15) is 0 Å². The van der Waals surface area contributed by atoms with E-state index in [1.54, 1.807) is 12.2 Å². The largest absolute Gasteiger partial charge is 0.479 e. The first-order valence-corrected chi connectivity index (χ1v) is 7.34. The van der Waals surface area contributed by atoms with Crippen LogP contribution in [0.2, 0.25) is 0 Å². The van der Waals surface area contributed by atoms with Crippen LogP contribution in [0.5, 0.6) is 0 Å². The van der Waals surface area contributed by atoms with Crippen LogP contribution in [-0.2, 0) is 23.8 Å². The van der Waals surface area contributed by atoms with Gasteiger partial charge in [0.15, 0.2) is 6.10 Å². The van der Waals surface area contributed by atoms with E-state index in [0.29, 0.717) is 32.8 Å². The summed E-state index contributed by atoms with van der Waals surface area (Å²) in [7, 11) is 0. The van der Waals surface area contributed by atoms with E-state index in [1.807, 2.05) is 6.92 Å². The summed E-state index contributed by atoms with van der Waals surface area (Å²) in [6, 6.07) is 0. The number of carbonyl (C=O) groups excluding carboxylic acids is 1. The minimum Gasteiger partial charge on any atom is -0.479 e. The number of carboxylic acid groups (broad SMARTS) is 1. The van der Waals surface area contributed by atoms with Gasteiger partial charge in [-0.15, -0.1) is 13.2 Å². The summed E-state index contributed by atoms with van der Waals surface area (Å²) in [6.45, 7) is 10.3. The Morgan fingerprint density at radius 2 is 1.65 bits per heavy atom. The highest BCUT2D eigenvalue weighted by Crippen LogP contribution is 2.24. The minimum atomic E-state index is -1.77. The van der Waals surface area contributed by atoms with Crippen molar-refractivity contribution in [3.05, 3.63) is 25.3 Å². The molecule has 0 saturated carbocycles. The van der Waals surface area contributed by atoms with Crippen molar-refractivity contribution in [3.8, 4) is 0 Å². The average Bonchev–Trinajstić information content (AvgIpc) is 2.52. The van der Waals surface area contributed by atoms with Crippen molar-refractivity contribution in [2.45, 2.75) is 25.9 Å². The zero-order chi connectivity index (χ0) is 17.7. The summed E-state index contributed by atoms with van der Waals surface area (Å²) >= 11 is 0. The highest BCUT2D eigenvalue weighted by atomic mass is 16.5. The first-order chi connectivity index (χ1) is 10.9. The Morgan fingerprint density at radius 1 is 1.13 bits per heavy atom. The topological polar surface area (TPSA) is 102 Å². The zero-order valence-electron chi connectivity index (χ0n) is 13.5. The highest BCUT2D eigenvalue weighted by Gasteiger charge is 2.31. The molecule has 0 amide bonds. The number of carboxylic acids is 1. The maximum absolute atomic E-state index is 11.6. The quantitative estimate of drug-likeness (QED) is 0.280. The molecule has 0 bridgehead atoms. The van der Waals surface area contributed by atoms with E-state index in [0.717, 1.165) is 0 Å². The fraction of sp³-hybridized carbons (Fsp3) is 0.625. The first-order valence-electron chi connectivity index (χ1n) is 7.34. The minimum absolute atomic E-state index is 0.00293. The summed E-state index contributed by atoms with van der Waals surface area (Å²) in [5.41, 5.74) is -0.560. The van der Waals surface area contributed by atoms with Crippen LogP contribution in [-0.4, -0.2) is 61.3 Å². The molecule has 0 aromatic heterocycles. The van der Waals surface area contributed by atoms with Crippen molar-refractivity contribution in [3.63, 3.8) is 0 Å². The normalized spacial score (nSPS) is 12.4. The van der Waals surface area contributed by atoms with Crippen molar-refractivity contribution in [2.24, 2.45) is 5.41 Å². The molecule has 23 heavy (non-hydrogen) atoms. The van der Waals surface area contributed by atoms with Crippen molar-refractivity contribution in [1.82, 2.24) is 0 Å². The number of hydrogen-bond acceptors (Lipinski definition) is 6. The molecule has 7 nitrogen and oxygen atoms in total. The SMILES string of the molecule is C=CCOCC(CC)(COCC=C)COC(=O)CC(O)C(=O)O. The number of ether oxygens (including phenoxy) is 3. The van der Waals surface area contributed by atoms with E-state index < -0.39 is 29.9 Å². The summed E-state index contributed by atoms with van der Waals surface area (Å²) in [5.74, 6) is -2.25. The zero-order valence-corrected chi connectivity index (χ0v) is 13.5. The van der Waals surface area contributed by atoms with Gasteiger partial charge in [0.25, 0.3) is 0 Å². The second-order valence-corrected chi connectivity index (χ2v) is 5.18. The molecule has 0 aliphatic rings. The molecule has 132 valence electrons. The second-order valence-electron chi connectivity index (χ2n) is 5.18. The van der Waals surface area contributed by atoms with Gasteiger partial charge in [0.2, 0.25) is 0 Å². The van der Waals surface area contributed by atoms with E-state index in [2.05, 4.69) is 13.2 Å². The van der Waals surface area contributed by atoms with Gasteiger partial charge in [0.1, 0.15) is 6.61 Å². The maximum atomic E-state index is 11.6. The molecule has 0 fully saturated rings. The third-order valence-electron chi connectivity index (χ3n) is 3.22. The molecule has 0 rings (SSSR count). The molecule has 0 aliphatic heterocycles. The van der Waals surface area contributed by atoms with Crippen molar-refractivity contribution < 1.29 is 34.0 Å². The third-order valence-corrected chi connectivity index (χ3v) is 3.22. The molecule has 0 spiro atoms. The van der Waals surface area contributed by atoms with E-state index in [1.165, 1.54) is 0 Å². The monoisotopic (exact) mass is 330 g/mol. The van der Waals surface area contributed by atoms with Gasteiger partial charge < -0.3 is 24.4 Å². The molecular weight excluding hydrogens is 304 g/mol. The van der Waals surface area contributed by atoms with Crippen molar-refractivity contribution >= 4 is 11.9 Å². The first kappa shape index (κ1) is 21.3. The second kappa shape index (κ2) is 11.8. The number of aliphatic hydroxyl groups is 1. The van der Waals surface area contributed by atoms with Gasteiger partial charge in [-0.05, 0) is 6.42 Å². The molecule has 1 atom stereocenters. The summed E-state index contributed by atoms with van der Waals surface area (Å²) < 4.78 is 16.0. The average molecular weight is 330 g/mol. The molecule has 2 N–H and O–H groups in total. The number of aliphatic hydroxyl groups excluding tert-OH is 1. The summed E-state index contributed by atoms with van der Waals surface area (Å²) in [6.07, 6.45) is 1.47. The molecule has 0 heterocycles. The standard InChI is InChI=1S/C16H26O7/c1-4-7-21-10-16(6-3,11-22-8-5-2)12-23-14(18)9-13(17)15(19)20/h4-5,13,17H,1-2,6-12H2,3H3,(H,19,20). The molecule has 1 unspecified atom stereocenters. The van der Waals surface area contributed by atoms with Crippen LogP contribution in [0.4, 0.5) is 0 Å². The summed E-state index contributed by atoms with van der Waals surface area (Å²) in [4.78, 5) is 22.1. The van der Waals surface area contributed by atoms with Crippen LogP contribution in [0.25, 0.3) is 0 Å². The molecule has 0 aromatic rings. The van der Waals surface area contributed by atoms with Crippen LogP contribution < -0.4 is 0 Å². The molecule has 0 saturated heterocycles. The van der Waals surface area contributed by atoms with Gasteiger partial charge in [0.05, 0.1) is 38.3 Å². The Labute approximate surface area is 136 Å². The lowest BCUT2D eigenvalue weighted by Gasteiger charge is -2.31. The fourth-order valence-electron chi connectivity index (χ4n) is 1.69. The highest BCUT2D eigenvalue weighted by molar-refractivity contribution is 5.80. The number of hydrogen-bond donors (Lipinski definition) is 2. The Balaban J connectivity index is 4.63. The fourth-order valence-corrected chi connectivity index (χ4v) is 1.69. The molecule has 0 radical (unpaired) electrons. The predicted molar refractivity (Wildman–Crippen MR) is 84.0 cm³/mol. The maximum Gasteiger partial charge on any atom is 0.333 e. The van der Waals surface area contributed by atoms with Crippen LogP contribution in [0.15, 0.2) is 25.3 Å². The Morgan fingerprint density at radius 3 is 2.04 bits per heavy atom. The lowest BCUT2D eigenvalue weighted by molar-refractivity contribution is -0.160. The van der Waals surface area contributed by atoms with Crippen molar-refractivity contribution in [2.75, 3.05) is 33.0 Å². The number of carbonyl (C=O) groups is 2. The number of aliphatic carboxylic acids is 1. The molecule has 7 heteroatoms. The van der Waals surface area contributed by atoms with Crippen LogP contribution in [0, 0.1) is 5.41 Å². The predicted octanol–water partition coefficient (Wildman–Crippen LogP) is 1.17. The number of rotatable bonds is 14. The van der Waals surface area contributed by atoms with E-state index >= 15 is 0 Å². The third kappa shape index (κ3) is 9.12. The molecular formula is C16H26O7. The van der Waals surface area contributed by atoms with Crippen LogP contribution in [0.3, 0.4) is 0 Å². The van der Waals surface area contributed by atoms with E-state index in [-0.39, 0.29) is 6.61 Å². The molecule has 0 aromatic carbocycles. The Hall–Kier alpha value is -1.70. The number of esters is 1. The Kier molecular flexibility index (Phi) is 10.9. The summed E-state index contributed by atoms with van der Waals surface area (Å²) in [5, 5.41) is 17.7. The van der Waals surface area contributed by atoms with Gasteiger partial charge in [0, 0.05) is 0 Å². The van der Waals surface area contributed by atoms with Gasteiger partial charge in [-0.3, -0.25) is 4.79 Å². The van der Waals surface area contributed by atoms with Gasteiger partial charge in [-0.1, -0.05) is 19.1 Å². The van der Waals surface area contributed by atoms with Gasteiger partial charge in [-0.25, -0.2) is 4.79 Å². The Bertz CT molecular complexity index is 378. The van der Waals surface area contributed by atoms with Crippen LogP contribution in [0.1, 0.15) is 19.8 Å². The van der Waals surface area contributed by atoms with Crippen molar-refractivity contribution in [1.29, 1.82) is 0 Å².